The Morgan fingerprint density at radius 1 is 1.03 bits per heavy atom. The van der Waals surface area contributed by atoms with Crippen molar-refractivity contribution in [1.29, 1.82) is 0 Å². The van der Waals surface area contributed by atoms with E-state index >= 15 is 0 Å². The standard InChI is InChI=1S/C27H22Cl2N2O6S/c1-3-35-26(33)20-22(29)18(37-24(20)30-17-12-10-15(28)11-13-17)14-19-23(32)21(27(34)36-4-2)25(38-19)31-16-8-6-5-7-9-16/h5-14,30,32H,3-4H2,1-2H3/b19-14-,31-25?. The zero-order valence-corrected chi connectivity index (χ0v) is 22.6. The Morgan fingerprint density at radius 3 is 2.34 bits per heavy atom. The van der Waals surface area contributed by atoms with Crippen LogP contribution in [0.4, 0.5) is 17.3 Å². The highest BCUT2D eigenvalue weighted by atomic mass is 35.5. The Morgan fingerprint density at radius 2 is 1.68 bits per heavy atom. The van der Waals surface area contributed by atoms with Crippen LogP contribution in [0.1, 0.15) is 30.0 Å². The molecule has 2 N–H and O–H groups in total. The van der Waals surface area contributed by atoms with Crippen LogP contribution in [0.5, 0.6) is 0 Å². The summed E-state index contributed by atoms with van der Waals surface area (Å²) in [6.45, 7) is 3.57. The summed E-state index contributed by atoms with van der Waals surface area (Å²) in [4.78, 5) is 30.1. The number of rotatable bonds is 8. The summed E-state index contributed by atoms with van der Waals surface area (Å²) in [6, 6.07) is 15.7. The fraction of sp³-hybridized carbons (Fsp3) is 0.148. The van der Waals surface area contributed by atoms with Crippen molar-refractivity contribution in [2.24, 2.45) is 4.99 Å². The Hall–Kier alpha value is -3.66. The van der Waals surface area contributed by atoms with Crippen molar-refractivity contribution in [3.63, 3.8) is 0 Å². The third-order valence-corrected chi connectivity index (χ3v) is 6.72. The van der Waals surface area contributed by atoms with Gasteiger partial charge in [-0.3, -0.25) is 0 Å². The predicted octanol–water partition coefficient (Wildman–Crippen LogP) is 7.70. The van der Waals surface area contributed by atoms with Gasteiger partial charge in [-0.05, 0) is 50.2 Å². The van der Waals surface area contributed by atoms with Crippen molar-refractivity contribution in [1.82, 2.24) is 0 Å². The molecular weight excluding hydrogens is 551 g/mol. The molecule has 2 aromatic carbocycles. The maximum absolute atomic E-state index is 12.7. The molecule has 2 heterocycles. The van der Waals surface area contributed by atoms with Gasteiger partial charge in [0, 0.05) is 16.8 Å². The third-order valence-electron chi connectivity index (χ3n) is 5.08. The van der Waals surface area contributed by atoms with E-state index in [4.69, 9.17) is 37.1 Å². The molecule has 1 aliphatic rings. The molecule has 11 heteroatoms. The van der Waals surface area contributed by atoms with Crippen LogP contribution in [0, 0.1) is 0 Å². The summed E-state index contributed by atoms with van der Waals surface area (Å²) in [5.74, 6) is -1.67. The van der Waals surface area contributed by atoms with E-state index in [1.165, 1.54) is 6.08 Å². The molecule has 196 valence electrons. The molecule has 0 bridgehead atoms. The molecule has 0 saturated heterocycles. The Labute approximate surface area is 232 Å². The summed E-state index contributed by atoms with van der Waals surface area (Å²) in [5.41, 5.74) is 1.07. The van der Waals surface area contributed by atoms with Crippen LogP contribution in [0.15, 0.2) is 80.2 Å². The van der Waals surface area contributed by atoms with Crippen molar-refractivity contribution < 1.29 is 28.6 Å². The molecule has 1 aliphatic heterocycles. The quantitative estimate of drug-likeness (QED) is 0.264. The molecule has 0 radical (unpaired) electrons. The minimum Gasteiger partial charge on any atom is -0.506 e. The molecule has 0 aliphatic carbocycles. The number of para-hydroxylation sites is 1. The van der Waals surface area contributed by atoms with Gasteiger partial charge in [0.15, 0.2) is 0 Å². The number of hydrogen-bond donors (Lipinski definition) is 2. The normalized spacial score (nSPS) is 15.3. The zero-order valence-electron chi connectivity index (χ0n) is 20.3. The van der Waals surface area contributed by atoms with Gasteiger partial charge in [0.1, 0.15) is 32.7 Å². The second-order valence-electron chi connectivity index (χ2n) is 7.64. The highest BCUT2D eigenvalue weighted by Gasteiger charge is 2.34. The SMILES string of the molecule is CCOC(=O)C1=C(O)/C(=C/c2oc(Nc3ccc(Cl)cc3)c(C(=O)OCC)c2Cl)SC1=Nc1ccccc1. The first-order valence-corrected chi connectivity index (χ1v) is 13.1. The molecule has 3 aromatic rings. The van der Waals surface area contributed by atoms with E-state index < -0.39 is 11.9 Å². The van der Waals surface area contributed by atoms with Crippen LogP contribution in [-0.4, -0.2) is 35.3 Å². The molecule has 0 saturated carbocycles. The summed E-state index contributed by atoms with van der Waals surface area (Å²) >= 11 is 13.6. The predicted molar refractivity (Wildman–Crippen MR) is 150 cm³/mol. The molecule has 8 nitrogen and oxygen atoms in total. The van der Waals surface area contributed by atoms with Crippen molar-refractivity contribution >= 4 is 75.3 Å². The second kappa shape index (κ2) is 12.3. The first kappa shape index (κ1) is 27.4. The molecule has 38 heavy (non-hydrogen) atoms. The summed E-state index contributed by atoms with van der Waals surface area (Å²) in [7, 11) is 0. The molecule has 0 amide bonds. The number of carbonyl (C=O) groups excluding carboxylic acids is 2. The van der Waals surface area contributed by atoms with E-state index in [-0.39, 0.29) is 56.7 Å². The van der Waals surface area contributed by atoms with Crippen molar-refractivity contribution in [2.75, 3.05) is 18.5 Å². The van der Waals surface area contributed by atoms with Crippen LogP contribution in [0.3, 0.4) is 0 Å². The van der Waals surface area contributed by atoms with Gasteiger partial charge in [-0.15, -0.1) is 0 Å². The van der Waals surface area contributed by atoms with Crippen LogP contribution in [0.2, 0.25) is 10.0 Å². The number of halogens is 2. The molecule has 1 aromatic heterocycles. The number of anilines is 2. The first-order valence-electron chi connectivity index (χ1n) is 11.5. The number of aliphatic hydroxyl groups excluding tert-OH is 1. The zero-order chi connectivity index (χ0) is 27.2. The Bertz CT molecular complexity index is 1450. The molecule has 0 fully saturated rings. The van der Waals surface area contributed by atoms with Gasteiger partial charge in [0.2, 0.25) is 5.88 Å². The van der Waals surface area contributed by atoms with Gasteiger partial charge in [0.25, 0.3) is 0 Å². The lowest BCUT2D eigenvalue weighted by Crippen LogP contribution is -2.12. The van der Waals surface area contributed by atoms with Gasteiger partial charge in [0.05, 0.1) is 23.8 Å². The third kappa shape index (κ3) is 6.07. The number of aliphatic imine (C=N–C) groups is 1. The fourth-order valence-corrected chi connectivity index (χ4v) is 4.78. The van der Waals surface area contributed by atoms with Gasteiger partial charge in [-0.1, -0.05) is 53.2 Å². The number of benzene rings is 2. The summed E-state index contributed by atoms with van der Waals surface area (Å²) in [5, 5.41) is 14.7. The van der Waals surface area contributed by atoms with E-state index in [1.807, 2.05) is 6.07 Å². The average molecular weight is 573 g/mol. The van der Waals surface area contributed by atoms with E-state index in [0.29, 0.717) is 16.4 Å². The van der Waals surface area contributed by atoms with Crippen LogP contribution >= 0.6 is 35.0 Å². The summed E-state index contributed by atoms with van der Waals surface area (Å²) in [6.07, 6.45) is 1.42. The number of furan rings is 1. The Kier molecular flexibility index (Phi) is 8.83. The highest BCUT2D eigenvalue weighted by Crippen LogP contribution is 2.43. The molecule has 4 rings (SSSR count). The lowest BCUT2D eigenvalue weighted by Gasteiger charge is -2.06. The Balaban J connectivity index is 1.78. The number of carbonyl (C=O) groups is 2. The van der Waals surface area contributed by atoms with E-state index in [0.717, 1.165) is 11.8 Å². The summed E-state index contributed by atoms with van der Waals surface area (Å²) < 4.78 is 16.2. The number of nitrogens with zero attached hydrogens (tertiary/aromatic N) is 1. The highest BCUT2D eigenvalue weighted by molar-refractivity contribution is 8.18. The molecule has 0 atom stereocenters. The van der Waals surface area contributed by atoms with Crippen molar-refractivity contribution in [3.05, 3.63) is 92.2 Å². The number of ether oxygens (including phenoxy) is 2. The monoisotopic (exact) mass is 572 g/mol. The van der Waals surface area contributed by atoms with Gasteiger partial charge in [-0.2, -0.15) is 0 Å². The van der Waals surface area contributed by atoms with Gasteiger partial charge < -0.3 is 24.3 Å². The minimum absolute atomic E-state index is 0.0226. The lowest BCUT2D eigenvalue weighted by atomic mass is 10.2. The lowest BCUT2D eigenvalue weighted by molar-refractivity contribution is -0.138. The molecule has 0 spiro atoms. The van der Waals surface area contributed by atoms with E-state index in [9.17, 15) is 14.7 Å². The fourth-order valence-electron chi connectivity index (χ4n) is 3.39. The maximum Gasteiger partial charge on any atom is 0.345 e. The van der Waals surface area contributed by atoms with Gasteiger partial charge >= 0.3 is 11.9 Å². The number of esters is 2. The van der Waals surface area contributed by atoms with Crippen LogP contribution < -0.4 is 5.32 Å². The number of nitrogens with one attached hydrogen (secondary N) is 1. The maximum atomic E-state index is 12.7. The number of aliphatic hydroxyl groups is 1. The largest absolute Gasteiger partial charge is 0.506 e. The molecular formula is C27H22Cl2N2O6S. The van der Waals surface area contributed by atoms with E-state index in [2.05, 4.69) is 10.3 Å². The number of hydrogen-bond acceptors (Lipinski definition) is 9. The van der Waals surface area contributed by atoms with Gasteiger partial charge in [-0.25, -0.2) is 14.6 Å². The smallest absolute Gasteiger partial charge is 0.345 e. The van der Waals surface area contributed by atoms with Crippen molar-refractivity contribution in [2.45, 2.75) is 13.8 Å². The topological polar surface area (TPSA) is 110 Å². The van der Waals surface area contributed by atoms with Crippen molar-refractivity contribution in [3.8, 4) is 0 Å². The van der Waals surface area contributed by atoms with Crippen LogP contribution in [0.25, 0.3) is 6.08 Å². The first-order chi connectivity index (χ1) is 18.3. The minimum atomic E-state index is -0.724. The van der Waals surface area contributed by atoms with Crippen LogP contribution in [-0.2, 0) is 14.3 Å². The molecule has 0 unspecified atom stereocenters. The van der Waals surface area contributed by atoms with E-state index in [1.54, 1.807) is 62.4 Å². The second-order valence-corrected chi connectivity index (χ2v) is 9.49. The average Bonchev–Trinajstić information content (AvgIpc) is 3.36. The number of thioether (sulfide) groups is 1.